The van der Waals surface area contributed by atoms with E-state index in [0.29, 0.717) is 22.8 Å². The van der Waals surface area contributed by atoms with Crippen molar-refractivity contribution in [2.75, 3.05) is 0 Å². The summed E-state index contributed by atoms with van der Waals surface area (Å²) in [6, 6.07) is 111. The maximum Gasteiger partial charge on any atom is 0.160 e. The number of hydrogen-bond donors (Lipinski definition) is 0. The average Bonchev–Trinajstić information content (AvgIpc) is 1.52. The van der Waals surface area contributed by atoms with E-state index < -0.39 is 0 Å². The predicted octanol–water partition coefficient (Wildman–Crippen LogP) is 20.8. The van der Waals surface area contributed by atoms with Crippen molar-refractivity contribution in [1.29, 1.82) is 5.26 Å². The number of nitrogens with zero attached hydrogens (tertiary/aromatic N) is 8. The molecule has 0 aliphatic heterocycles. The van der Waals surface area contributed by atoms with Gasteiger partial charge < -0.3 is 22.8 Å². The third-order valence-corrected chi connectivity index (χ3v) is 18.7. The lowest BCUT2D eigenvalue weighted by Crippen LogP contribution is -2.06. The third-order valence-electron chi connectivity index (χ3n) is 18.7. The van der Waals surface area contributed by atoms with Crippen molar-refractivity contribution in [3.05, 3.63) is 309 Å². The molecule has 0 amide bonds. The molecule has 0 bridgehead atoms. The Balaban J connectivity index is 1.04. The number of rotatable bonds is 8. The van der Waals surface area contributed by atoms with Crippen LogP contribution in [-0.2, 0) is 0 Å². The van der Waals surface area contributed by atoms with Gasteiger partial charge in [0, 0.05) is 87.6 Å². The second-order valence-corrected chi connectivity index (χ2v) is 23.5. The topological polar surface area (TPSA) is 74.2 Å². The molecule has 0 aliphatic rings. The fourth-order valence-corrected chi connectivity index (χ4v) is 15.0. The molecule has 0 N–H and O–H groups in total. The van der Waals surface area contributed by atoms with Crippen LogP contribution in [0, 0.1) is 11.3 Å². The highest BCUT2D eigenvalue weighted by molar-refractivity contribution is 6.40. The Hall–Kier alpha value is -12.6. The van der Waals surface area contributed by atoms with Gasteiger partial charge in [-0.3, -0.25) is 0 Å². The third kappa shape index (κ3) is 7.31. The molecular weight excluding hydrogens is 1110 g/mol. The van der Waals surface area contributed by atoms with Gasteiger partial charge in [-0.1, -0.05) is 212 Å². The summed E-state index contributed by atoms with van der Waals surface area (Å²) in [6.45, 7) is 0. The highest BCUT2D eigenvalue weighted by Gasteiger charge is 2.32. The summed E-state index contributed by atoms with van der Waals surface area (Å²) in [4.78, 5) is 10.9. The monoisotopic (exact) mass is 1160 g/mol. The maximum absolute atomic E-state index is 12.7. The molecule has 6 aromatic heterocycles. The minimum absolute atomic E-state index is 0.502. The summed E-state index contributed by atoms with van der Waals surface area (Å²) in [6.07, 6.45) is 0. The van der Waals surface area contributed by atoms with Crippen LogP contribution in [0.5, 0.6) is 0 Å². The molecular formula is C83H50N8. The van der Waals surface area contributed by atoms with Crippen LogP contribution in [0.15, 0.2) is 303 Å². The van der Waals surface area contributed by atoms with E-state index in [0.717, 1.165) is 149 Å². The zero-order valence-corrected chi connectivity index (χ0v) is 48.9. The van der Waals surface area contributed by atoms with Crippen LogP contribution in [0.4, 0.5) is 0 Å². The molecule has 0 aliphatic carbocycles. The number of aromatic nitrogens is 7. The van der Waals surface area contributed by atoms with Crippen molar-refractivity contribution in [2.45, 2.75) is 0 Å². The Labute approximate surface area is 521 Å². The van der Waals surface area contributed by atoms with E-state index in [1.807, 2.05) is 24.3 Å². The molecule has 0 saturated heterocycles. The van der Waals surface area contributed by atoms with Gasteiger partial charge in [0.25, 0.3) is 0 Å². The van der Waals surface area contributed by atoms with Gasteiger partial charge in [0.05, 0.1) is 77.9 Å². The lowest BCUT2D eigenvalue weighted by Gasteiger charge is -2.19. The van der Waals surface area contributed by atoms with E-state index in [1.165, 1.54) is 5.39 Å². The van der Waals surface area contributed by atoms with E-state index in [2.05, 4.69) is 308 Å². The smallest absolute Gasteiger partial charge is 0.160 e. The molecule has 0 spiro atoms. The molecule has 6 heterocycles. The van der Waals surface area contributed by atoms with Crippen LogP contribution in [0.25, 0.3) is 171 Å². The Morgan fingerprint density at radius 3 is 1.09 bits per heavy atom. The van der Waals surface area contributed by atoms with Crippen molar-refractivity contribution in [2.24, 2.45) is 0 Å². The number of benzene rings is 13. The molecule has 0 unspecified atom stereocenters. The lowest BCUT2D eigenvalue weighted by molar-refractivity contribution is 1.11. The number of nitriles is 1. The number of fused-ring (bicyclic) bond motifs is 19. The first kappa shape index (κ1) is 50.6. The molecule has 8 heteroatoms. The van der Waals surface area contributed by atoms with Crippen LogP contribution in [0.1, 0.15) is 5.56 Å². The highest BCUT2D eigenvalue weighted by Crippen LogP contribution is 2.52. The summed E-state index contributed by atoms with van der Waals surface area (Å²) >= 11 is 0. The van der Waals surface area contributed by atoms with Crippen molar-refractivity contribution < 1.29 is 0 Å². The van der Waals surface area contributed by atoms with E-state index >= 15 is 0 Å². The average molecular weight is 1160 g/mol. The van der Waals surface area contributed by atoms with Gasteiger partial charge in [0.2, 0.25) is 0 Å². The quantitative estimate of drug-likeness (QED) is 0.152. The summed E-state index contributed by atoms with van der Waals surface area (Å²) in [5, 5.41) is 23.8. The molecule has 19 rings (SSSR count). The molecule has 0 saturated carbocycles. The zero-order valence-electron chi connectivity index (χ0n) is 48.9. The Bertz CT molecular complexity index is 6110. The molecule has 8 nitrogen and oxygen atoms in total. The maximum atomic E-state index is 12.7. The summed E-state index contributed by atoms with van der Waals surface area (Å²) in [5.41, 5.74) is 19.7. The van der Waals surface area contributed by atoms with E-state index in [4.69, 9.17) is 9.97 Å². The summed E-state index contributed by atoms with van der Waals surface area (Å²) in [7, 11) is 0. The molecule has 13 aromatic carbocycles. The molecule has 19 aromatic rings. The van der Waals surface area contributed by atoms with Crippen LogP contribution in [0.2, 0.25) is 0 Å². The van der Waals surface area contributed by atoms with Crippen molar-refractivity contribution >= 4 is 109 Å². The van der Waals surface area contributed by atoms with Crippen molar-refractivity contribution in [1.82, 2.24) is 32.8 Å². The van der Waals surface area contributed by atoms with Crippen LogP contribution >= 0.6 is 0 Å². The molecule has 0 fully saturated rings. The van der Waals surface area contributed by atoms with Crippen LogP contribution < -0.4 is 0 Å². The van der Waals surface area contributed by atoms with Crippen molar-refractivity contribution in [3.8, 4) is 68.4 Å². The Morgan fingerprint density at radius 1 is 0.253 bits per heavy atom. The SMILES string of the molecule is N#Cc1c(-n2c3ccccc3c3c2ccc2c4ccccc4n(-c4ccccc4)c23)cc(-c2cc(-c3ccccc3)nc(-c3ccccc3)n2)cc1-n1c2ccccc2c2c3c(c4ccccc4n3-c3ccccc3)c3c(c4ccccc4n3-c3ccccc3)c21. The predicted molar refractivity (Wildman–Crippen MR) is 375 cm³/mol. The first-order valence-electron chi connectivity index (χ1n) is 30.8. The van der Waals surface area contributed by atoms with Gasteiger partial charge >= 0.3 is 0 Å². The largest absolute Gasteiger partial charge is 0.309 e. The van der Waals surface area contributed by atoms with Gasteiger partial charge in [-0.2, -0.15) is 5.26 Å². The first-order chi connectivity index (χ1) is 45.2. The second-order valence-electron chi connectivity index (χ2n) is 23.5. The minimum Gasteiger partial charge on any atom is -0.309 e. The fourth-order valence-electron chi connectivity index (χ4n) is 15.0. The summed E-state index contributed by atoms with van der Waals surface area (Å²) < 4.78 is 12.1. The second kappa shape index (κ2) is 19.7. The highest BCUT2D eigenvalue weighted by atomic mass is 15.1. The van der Waals surface area contributed by atoms with Gasteiger partial charge in [0.1, 0.15) is 11.6 Å². The Morgan fingerprint density at radius 2 is 0.604 bits per heavy atom. The van der Waals surface area contributed by atoms with E-state index in [9.17, 15) is 5.26 Å². The molecule has 0 radical (unpaired) electrons. The molecule has 0 atom stereocenters. The van der Waals surface area contributed by atoms with Gasteiger partial charge in [-0.25, -0.2) is 9.97 Å². The number of hydrogen-bond acceptors (Lipinski definition) is 3. The first-order valence-corrected chi connectivity index (χ1v) is 30.8. The fraction of sp³-hybridized carbons (Fsp3) is 0. The Kier molecular flexibility index (Phi) is 11.0. The standard InChI is InChI=1S/C83H50N8/c84-51-64-73(90-70-44-24-17-37-60(70)75-72(90)47-46-59-58-36-16-21-41-67(58)87(79(59)75)55-30-10-3-11-31-55)48-54(66-50-65(52-26-6-1-7-27-52)85-83(86-66)53-28-8-2-9-29-53)49-74(64)91-71-45-25-20-40-63(71)78-81-76(61-38-18-22-42-68(61)88(81)56-32-12-4-13-33-56)80-77(82(78)91)62-39-19-23-43-69(62)89(80)57-34-14-5-15-35-57/h1-50H. The van der Waals surface area contributed by atoms with Crippen molar-refractivity contribution in [3.63, 3.8) is 0 Å². The van der Waals surface area contributed by atoms with E-state index in [-0.39, 0.29) is 0 Å². The van der Waals surface area contributed by atoms with E-state index in [1.54, 1.807) is 0 Å². The van der Waals surface area contributed by atoms with Gasteiger partial charge in [0.15, 0.2) is 5.82 Å². The number of para-hydroxylation sites is 8. The van der Waals surface area contributed by atoms with Crippen LogP contribution in [-0.4, -0.2) is 32.8 Å². The van der Waals surface area contributed by atoms with Crippen LogP contribution in [0.3, 0.4) is 0 Å². The molecule has 422 valence electrons. The van der Waals surface area contributed by atoms with Gasteiger partial charge in [-0.05, 0) is 91.0 Å². The lowest BCUT2D eigenvalue weighted by atomic mass is 10.0. The zero-order chi connectivity index (χ0) is 59.8. The normalized spacial score (nSPS) is 11.9. The van der Waals surface area contributed by atoms with Gasteiger partial charge in [-0.15, -0.1) is 0 Å². The summed E-state index contributed by atoms with van der Waals surface area (Å²) in [5.74, 6) is 0.598. The minimum atomic E-state index is 0.502. The molecule has 91 heavy (non-hydrogen) atoms.